The van der Waals surface area contributed by atoms with E-state index in [2.05, 4.69) is 42.5 Å². The summed E-state index contributed by atoms with van der Waals surface area (Å²) in [6.07, 6.45) is -6.43. The number of rotatable bonds is 2. The van der Waals surface area contributed by atoms with Gasteiger partial charge in [0.05, 0.1) is 0 Å². The molecule has 0 aliphatic rings. The molecular weight excluding hydrogens is 1120 g/mol. The van der Waals surface area contributed by atoms with E-state index in [1.165, 1.54) is 11.8 Å². The van der Waals surface area contributed by atoms with E-state index in [9.17, 15) is 39.5 Å². The van der Waals surface area contributed by atoms with Gasteiger partial charge in [0.1, 0.15) is 30.7 Å². The van der Waals surface area contributed by atoms with E-state index in [4.69, 9.17) is 34.8 Å². The standard InChI is InChI=1S/C6H4ClF3N2S.C6H4F3IN2S.C5HCl2F3N2.CH4S.2HI.K.Na/c1-13-5-11-2-3(4(7)12-5)6(8,9)10;1-13-5-11-2-3(4(10)12-5)6(7,8)9;6-3-2(5(8,9)10)1-11-4(7)12-3;1-2;;;;/h2*2H,1H3;1H;2H,1H3;2*1H;;/q;;;;;;2*+1/p-2. The molecule has 44 heavy (non-hydrogen) atoms. The summed E-state index contributed by atoms with van der Waals surface area (Å²) < 4.78 is 109. The molecule has 0 bridgehead atoms. The van der Waals surface area contributed by atoms with Crippen LogP contribution in [0.2, 0.25) is 15.6 Å². The molecule has 6 nitrogen and oxygen atoms in total. The molecule has 0 spiro atoms. The maximum Gasteiger partial charge on any atom is 1.00 e. The Hall–Kier alpha value is 3.36. The normalized spacial score (nSPS) is 10.3. The van der Waals surface area contributed by atoms with Crippen molar-refractivity contribution in [3.8, 4) is 0 Å². The van der Waals surface area contributed by atoms with Crippen LogP contribution in [0, 0.1) is 3.70 Å². The number of thioether (sulfide) groups is 2. The summed E-state index contributed by atoms with van der Waals surface area (Å²) in [6, 6.07) is 0. The van der Waals surface area contributed by atoms with E-state index >= 15 is 0 Å². The summed E-state index contributed by atoms with van der Waals surface area (Å²) >= 11 is 23.6. The monoisotopic (exact) mass is 1130 g/mol. The molecule has 3 aromatic heterocycles. The molecule has 0 N–H and O–H groups in total. The van der Waals surface area contributed by atoms with Crippen molar-refractivity contribution in [3.63, 3.8) is 0 Å². The number of halogens is 15. The van der Waals surface area contributed by atoms with Gasteiger partial charge in [-0.2, -0.15) is 45.8 Å². The molecule has 240 valence electrons. The summed E-state index contributed by atoms with van der Waals surface area (Å²) in [5.74, 6) is 0. The van der Waals surface area contributed by atoms with E-state index in [-0.39, 0.29) is 143 Å². The van der Waals surface area contributed by atoms with Crippen LogP contribution < -0.4 is 105 Å². The topological polar surface area (TPSA) is 77.3 Å². The summed E-state index contributed by atoms with van der Waals surface area (Å²) in [5.41, 5.74) is -2.88. The molecule has 0 unspecified atom stereocenters. The minimum atomic E-state index is -4.54. The summed E-state index contributed by atoms with van der Waals surface area (Å²) in [5, 5.41) is -1.00. The zero-order valence-corrected chi connectivity index (χ0v) is 38.8. The van der Waals surface area contributed by atoms with E-state index in [0.717, 1.165) is 18.0 Å². The van der Waals surface area contributed by atoms with Crippen LogP contribution >= 0.6 is 105 Å². The van der Waals surface area contributed by atoms with E-state index < -0.39 is 45.5 Å². The third-order valence-electron chi connectivity index (χ3n) is 3.43. The van der Waals surface area contributed by atoms with Gasteiger partial charge in [-0.3, -0.25) is 0 Å². The molecule has 3 rings (SSSR count). The minimum absolute atomic E-state index is 0. The van der Waals surface area contributed by atoms with Gasteiger partial charge in [-0.1, -0.05) is 46.7 Å². The van der Waals surface area contributed by atoms with Crippen molar-refractivity contribution in [2.24, 2.45) is 0 Å². The number of hydrogen-bond donors (Lipinski definition) is 0. The largest absolute Gasteiger partial charge is 1.00 e. The zero-order valence-electron chi connectivity index (χ0n) is 22.3. The fourth-order valence-electron chi connectivity index (χ4n) is 1.80. The minimum Gasteiger partial charge on any atom is -1.00 e. The molecule has 0 amide bonds. The van der Waals surface area contributed by atoms with Gasteiger partial charge in [0.25, 0.3) is 0 Å². The van der Waals surface area contributed by atoms with Crippen LogP contribution in [-0.2, 0) is 31.2 Å². The van der Waals surface area contributed by atoms with Crippen LogP contribution in [0.25, 0.3) is 0 Å². The Morgan fingerprint density at radius 2 is 0.977 bits per heavy atom. The average Bonchev–Trinajstić information content (AvgIpc) is 2.83. The number of hydrogen-bond acceptors (Lipinski definition) is 9. The molecule has 3 heterocycles. The third-order valence-corrected chi connectivity index (χ3v) is 6.14. The van der Waals surface area contributed by atoms with Crippen LogP contribution in [0.1, 0.15) is 16.7 Å². The van der Waals surface area contributed by atoms with Gasteiger partial charge in [0.15, 0.2) is 10.3 Å². The zero-order chi connectivity index (χ0) is 31.5. The van der Waals surface area contributed by atoms with E-state index in [1.807, 2.05) is 0 Å². The second kappa shape index (κ2) is 27.1. The quantitative estimate of drug-likeness (QED) is 0.0686. The fraction of sp³-hybridized carbons (Fsp3) is 0.333. The van der Waals surface area contributed by atoms with Crippen LogP contribution in [-0.4, -0.2) is 48.7 Å². The first-order chi connectivity index (χ1) is 18.3. The molecule has 0 aromatic carbocycles. The van der Waals surface area contributed by atoms with Crippen LogP contribution in [0.15, 0.2) is 28.9 Å². The maximum absolute atomic E-state index is 12.2. The van der Waals surface area contributed by atoms with Crippen molar-refractivity contribution >= 4 is 118 Å². The van der Waals surface area contributed by atoms with Crippen LogP contribution in [0.3, 0.4) is 0 Å². The van der Waals surface area contributed by atoms with Crippen molar-refractivity contribution in [2.75, 3.05) is 18.8 Å². The number of alkyl halides is 9. The van der Waals surface area contributed by atoms with Gasteiger partial charge >= 0.3 is 99.5 Å². The van der Waals surface area contributed by atoms with E-state index in [0.29, 0.717) is 17.6 Å². The second-order valence-electron chi connectivity index (χ2n) is 5.96. The molecule has 0 saturated carbocycles. The number of nitrogens with zero attached hydrogens (tertiary/aromatic N) is 6. The van der Waals surface area contributed by atoms with Crippen molar-refractivity contribution in [1.29, 1.82) is 0 Å². The number of aromatic nitrogens is 6. The van der Waals surface area contributed by atoms with Crippen molar-refractivity contribution in [2.45, 2.75) is 28.8 Å². The molecule has 0 saturated heterocycles. The smallest absolute Gasteiger partial charge is 1.00 e. The Labute approximate surface area is 387 Å². The summed E-state index contributed by atoms with van der Waals surface area (Å²) in [7, 11) is 0. The molecule has 0 aliphatic heterocycles. The molecule has 3 aromatic rings. The molecule has 0 fully saturated rings. The summed E-state index contributed by atoms with van der Waals surface area (Å²) in [6.45, 7) is 0. The summed E-state index contributed by atoms with van der Waals surface area (Å²) in [4.78, 5) is 20.5. The van der Waals surface area contributed by atoms with Gasteiger partial charge in [0.2, 0.25) is 5.28 Å². The van der Waals surface area contributed by atoms with Gasteiger partial charge in [-0.15, -0.1) is 24.0 Å². The van der Waals surface area contributed by atoms with Crippen LogP contribution in [0.4, 0.5) is 39.5 Å². The molecule has 0 atom stereocenters. The Morgan fingerprint density at radius 3 is 1.27 bits per heavy atom. The maximum atomic E-state index is 12.2. The van der Waals surface area contributed by atoms with Crippen molar-refractivity contribution in [1.82, 2.24) is 29.9 Å². The van der Waals surface area contributed by atoms with Gasteiger partial charge in [0, 0.05) is 18.6 Å². The molecule has 0 radical (unpaired) electrons. The molecule has 0 aliphatic carbocycles. The van der Waals surface area contributed by atoms with Crippen molar-refractivity contribution in [3.05, 3.63) is 54.6 Å². The Bertz CT molecular complexity index is 1200. The molecule has 26 heteroatoms. The first kappa shape index (κ1) is 56.7. The van der Waals surface area contributed by atoms with Crippen molar-refractivity contribution < 1.29 is 144 Å². The Morgan fingerprint density at radius 1 is 0.659 bits per heavy atom. The van der Waals surface area contributed by atoms with Gasteiger partial charge < -0.3 is 36.6 Å². The predicted molar refractivity (Wildman–Crippen MR) is 161 cm³/mol. The fourth-order valence-corrected chi connectivity index (χ4v) is 4.02. The average molecular weight is 1130 g/mol. The van der Waals surface area contributed by atoms with Gasteiger partial charge in [-0.25, -0.2) is 29.9 Å². The first-order valence-electron chi connectivity index (χ1n) is 9.24. The Balaban J connectivity index is -0.000000161. The molecular formula is C18H13Cl3F9I3KN6NaS3. The third kappa shape index (κ3) is 21.5. The SMILES string of the molecule is CSc1ncc(C(F)(F)F)c(Cl)n1.CSc1ncc(C(F)(F)F)c(I)n1.C[S-].FC(F)(F)c1cnc(Cl)nc1Cl.I.[I-].[K+].[Na+]. The second-order valence-corrected chi connectivity index (χ2v) is 9.58. The predicted octanol–water partition coefficient (Wildman–Crippen LogP) is 0.288. The Kier molecular flexibility index (Phi) is 34.9. The van der Waals surface area contributed by atoms with E-state index in [1.54, 1.807) is 41.4 Å². The first-order valence-corrected chi connectivity index (χ1v) is 14.7. The van der Waals surface area contributed by atoms with Crippen LogP contribution in [0.5, 0.6) is 0 Å². The van der Waals surface area contributed by atoms with Gasteiger partial charge in [-0.05, 0) is 46.7 Å².